The molecule has 33 heavy (non-hydrogen) atoms. The highest BCUT2D eigenvalue weighted by Crippen LogP contribution is 2.31. The van der Waals surface area contributed by atoms with Crippen molar-refractivity contribution in [3.63, 3.8) is 0 Å². The largest absolute Gasteiger partial charge is 0.378 e. The summed E-state index contributed by atoms with van der Waals surface area (Å²) >= 11 is 8.15. The number of thiazole rings is 1. The topological polar surface area (TPSA) is 75.5 Å². The van der Waals surface area contributed by atoms with Crippen LogP contribution < -0.4 is 20.7 Å². The first-order valence-electron chi connectivity index (χ1n) is 10.9. The molecule has 176 valence electrons. The molecule has 0 spiro atoms. The molecule has 2 atom stereocenters. The van der Waals surface area contributed by atoms with Crippen molar-refractivity contribution in [2.45, 2.75) is 26.0 Å². The third-order valence-corrected chi connectivity index (χ3v) is 6.99. The third-order valence-electron chi connectivity index (χ3n) is 5.85. The van der Waals surface area contributed by atoms with Crippen molar-refractivity contribution in [2.24, 2.45) is 7.05 Å². The lowest BCUT2D eigenvalue weighted by atomic mass is 10.1. The lowest BCUT2D eigenvalue weighted by Crippen LogP contribution is -2.38. The van der Waals surface area contributed by atoms with Crippen LogP contribution in [-0.4, -0.2) is 60.5 Å². The molecule has 1 saturated heterocycles. The van der Waals surface area contributed by atoms with E-state index in [2.05, 4.69) is 15.2 Å². The first-order valence-corrected chi connectivity index (χ1v) is 12.1. The van der Waals surface area contributed by atoms with Gasteiger partial charge in [0.25, 0.3) is 5.56 Å². The van der Waals surface area contributed by atoms with Crippen LogP contribution in [0.3, 0.4) is 0 Å². The number of benzene rings is 1. The third kappa shape index (κ3) is 4.71. The van der Waals surface area contributed by atoms with E-state index in [1.165, 1.54) is 0 Å². The quantitative estimate of drug-likeness (QED) is 0.544. The van der Waals surface area contributed by atoms with Gasteiger partial charge in [0.2, 0.25) is 0 Å². The fraction of sp³-hybridized carbons (Fsp3) is 0.435. The molecule has 1 fully saturated rings. The van der Waals surface area contributed by atoms with E-state index < -0.39 is 0 Å². The first-order chi connectivity index (χ1) is 15.8. The second kappa shape index (κ2) is 9.70. The van der Waals surface area contributed by atoms with E-state index >= 15 is 0 Å². The predicted octanol–water partition coefficient (Wildman–Crippen LogP) is 3.64. The highest BCUT2D eigenvalue weighted by molar-refractivity contribution is 7.13. The number of nitrogens with zero attached hydrogens (tertiary/aromatic N) is 5. The molecular weight excluding hydrogens is 460 g/mol. The molecule has 2 aromatic heterocycles. The summed E-state index contributed by atoms with van der Waals surface area (Å²) in [4.78, 5) is 26.7. The van der Waals surface area contributed by atoms with Gasteiger partial charge in [-0.05, 0) is 32.0 Å². The average Bonchev–Trinajstić information content (AvgIpc) is 3.44. The van der Waals surface area contributed by atoms with Gasteiger partial charge in [0.05, 0.1) is 22.9 Å². The van der Waals surface area contributed by atoms with Crippen molar-refractivity contribution in [2.75, 3.05) is 48.9 Å². The van der Waals surface area contributed by atoms with Crippen LogP contribution in [0, 0.1) is 6.92 Å². The van der Waals surface area contributed by atoms with E-state index in [1.54, 1.807) is 29.1 Å². The number of hydrogen-bond acceptors (Lipinski definition) is 8. The number of anilines is 3. The van der Waals surface area contributed by atoms with E-state index in [0.717, 1.165) is 22.9 Å². The minimum absolute atomic E-state index is 0.0594. The fourth-order valence-electron chi connectivity index (χ4n) is 4.09. The molecule has 0 aliphatic carbocycles. The van der Waals surface area contributed by atoms with Crippen molar-refractivity contribution in [1.29, 1.82) is 0 Å². The zero-order valence-corrected chi connectivity index (χ0v) is 21.1. The Kier molecular flexibility index (Phi) is 6.92. The number of hydrogen-bond donors (Lipinski definition) is 1. The molecule has 1 aromatic carbocycles. The molecule has 1 aliphatic rings. The molecule has 3 heterocycles. The van der Waals surface area contributed by atoms with Crippen LogP contribution in [0.5, 0.6) is 0 Å². The van der Waals surface area contributed by atoms with E-state index in [-0.39, 0.29) is 17.7 Å². The zero-order chi connectivity index (χ0) is 23.7. The van der Waals surface area contributed by atoms with Crippen LogP contribution in [0.25, 0.3) is 11.4 Å². The van der Waals surface area contributed by atoms with Gasteiger partial charge in [-0.15, -0.1) is 11.3 Å². The molecule has 0 bridgehead atoms. The Hall–Kier alpha value is -2.62. The van der Waals surface area contributed by atoms with Gasteiger partial charge in [0, 0.05) is 63.7 Å². The number of rotatable bonds is 7. The summed E-state index contributed by atoms with van der Waals surface area (Å²) in [6.45, 7) is 5.84. The molecule has 4 rings (SSSR count). The van der Waals surface area contributed by atoms with Crippen LogP contribution in [-0.2, 0) is 11.8 Å². The number of ether oxygens (including phenoxy) is 1. The second-order valence-corrected chi connectivity index (χ2v) is 9.56. The highest BCUT2D eigenvalue weighted by Gasteiger charge is 2.35. The van der Waals surface area contributed by atoms with Crippen LogP contribution in [0.15, 0.2) is 34.6 Å². The number of halogens is 1. The molecule has 1 aliphatic heterocycles. The van der Waals surface area contributed by atoms with Gasteiger partial charge in [-0.2, -0.15) is 0 Å². The van der Waals surface area contributed by atoms with E-state index in [1.807, 2.05) is 56.4 Å². The monoisotopic (exact) mass is 488 g/mol. The van der Waals surface area contributed by atoms with E-state index in [0.29, 0.717) is 35.4 Å². The summed E-state index contributed by atoms with van der Waals surface area (Å²) in [5, 5.41) is 6.91. The smallest absolute Gasteiger partial charge is 0.277 e. The van der Waals surface area contributed by atoms with E-state index in [4.69, 9.17) is 21.3 Å². The van der Waals surface area contributed by atoms with Crippen molar-refractivity contribution in [3.05, 3.63) is 50.8 Å². The minimum Gasteiger partial charge on any atom is -0.378 e. The van der Waals surface area contributed by atoms with E-state index in [9.17, 15) is 4.79 Å². The maximum absolute atomic E-state index is 13.4. The van der Waals surface area contributed by atoms with Crippen molar-refractivity contribution in [1.82, 2.24) is 14.5 Å². The van der Waals surface area contributed by atoms with Crippen molar-refractivity contribution >= 4 is 39.4 Å². The molecule has 0 saturated carbocycles. The Morgan fingerprint density at radius 3 is 2.76 bits per heavy atom. The predicted molar refractivity (Wildman–Crippen MR) is 136 cm³/mol. The lowest BCUT2D eigenvalue weighted by Gasteiger charge is -2.22. The molecule has 0 radical (unpaired) electrons. The van der Waals surface area contributed by atoms with Gasteiger partial charge in [0.1, 0.15) is 11.5 Å². The van der Waals surface area contributed by atoms with Crippen LogP contribution >= 0.6 is 22.9 Å². The van der Waals surface area contributed by atoms with Gasteiger partial charge >= 0.3 is 0 Å². The van der Waals surface area contributed by atoms with Crippen molar-refractivity contribution in [3.8, 4) is 11.4 Å². The van der Waals surface area contributed by atoms with Gasteiger partial charge in [-0.1, -0.05) is 11.6 Å². The first kappa shape index (κ1) is 23.5. The summed E-state index contributed by atoms with van der Waals surface area (Å²) in [5.74, 6) is 0.538. The molecule has 1 N–H and O–H groups in total. The molecule has 0 unspecified atom stereocenters. The molecular formula is C23H29ClN6O2S. The molecule has 3 aromatic rings. The summed E-state index contributed by atoms with van der Waals surface area (Å²) in [6.07, 6.45) is 1.74. The number of aromatic nitrogens is 3. The summed E-state index contributed by atoms with van der Waals surface area (Å²) in [5.41, 5.74) is 2.67. The van der Waals surface area contributed by atoms with Crippen LogP contribution in [0.2, 0.25) is 5.02 Å². The Morgan fingerprint density at radius 1 is 1.33 bits per heavy atom. The lowest BCUT2D eigenvalue weighted by molar-refractivity contribution is 0.0720. The molecule has 10 heteroatoms. The Bertz CT molecular complexity index is 1180. The minimum atomic E-state index is -0.145. The number of nitrogens with one attached hydrogen (secondary N) is 1. The van der Waals surface area contributed by atoms with Gasteiger partial charge < -0.3 is 19.9 Å². The SMILES string of the molecule is CCO[C@H]1CN(c2nccs2)C[C@H]1Nc1c(C)nc(-c2ccc(N(C)C)cc2Cl)n(C)c1=O. The van der Waals surface area contributed by atoms with Gasteiger partial charge in [-0.3, -0.25) is 9.36 Å². The standard InChI is InChI=1S/C23H29ClN6O2S/c1-6-32-19-13-30(23-25-9-10-33-23)12-18(19)27-20-14(2)26-21(29(5)22(20)31)16-8-7-15(28(3)4)11-17(16)24/h7-11,18-19,27H,6,12-13H2,1-5H3/t18-,19+/m1/s1. The normalized spacial score (nSPS) is 18.1. The Balaban J connectivity index is 1.64. The van der Waals surface area contributed by atoms with Gasteiger partial charge in [0.15, 0.2) is 5.13 Å². The van der Waals surface area contributed by atoms with Crippen LogP contribution in [0.1, 0.15) is 12.6 Å². The summed E-state index contributed by atoms with van der Waals surface area (Å²) in [6, 6.07) is 5.69. The molecule has 0 amide bonds. The maximum atomic E-state index is 13.4. The number of aryl methyl sites for hydroxylation is 1. The molecule has 8 nitrogen and oxygen atoms in total. The maximum Gasteiger partial charge on any atom is 0.277 e. The summed E-state index contributed by atoms with van der Waals surface area (Å²) in [7, 11) is 5.64. The van der Waals surface area contributed by atoms with Crippen molar-refractivity contribution < 1.29 is 4.74 Å². The van der Waals surface area contributed by atoms with Crippen LogP contribution in [0.4, 0.5) is 16.5 Å². The highest BCUT2D eigenvalue weighted by atomic mass is 35.5. The second-order valence-electron chi connectivity index (χ2n) is 8.28. The Morgan fingerprint density at radius 2 is 2.12 bits per heavy atom. The Labute approximate surface area is 202 Å². The summed E-state index contributed by atoms with van der Waals surface area (Å²) < 4.78 is 7.54. The fourth-order valence-corrected chi connectivity index (χ4v) is 5.01. The zero-order valence-electron chi connectivity index (χ0n) is 19.5. The average molecular weight is 489 g/mol. The van der Waals surface area contributed by atoms with Gasteiger partial charge in [-0.25, -0.2) is 9.97 Å².